The molecule has 0 aliphatic rings. The highest BCUT2D eigenvalue weighted by atomic mass is 16.5. The van der Waals surface area contributed by atoms with Gasteiger partial charge in [-0.2, -0.15) is 5.10 Å². The topological polar surface area (TPSA) is 44.9 Å². The highest BCUT2D eigenvalue weighted by Gasteiger charge is 2.23. The molecule has 0 bridgehead atoms. The fraction of sp³-hybridized carbons (Fsp3) is 0.319. The van der Waals surface area contributed by atoms with Crippen molar-refractivity contribution in [3.05, 3.63) is 131 Å². The molecule has 0 radical (unpaired) electrons. The Morgan fingerprint density at radius 2 is 1.40 bits per heavy atom. The maximum absolute atomic E-state index is 6.82. The van der Waals surface area contributed by atoms with Crippen LogP contribution in [-0.4, -0.2) is 19.3 Å². The van der Waals surface area contributed by atoms with E-state index in [0.717, 1.165) is 65.4 Å². The third-order valence-corrected chi connectivity index (χ3v) is 10.5. The van der Waals surface area contributed by atoms with Crippen molar-refractivity contribution in [1.82, 2.24) is 19.3 Å². The van der Waals surface area contributed by atoms with E-state index in [4.69, 9.17) is 14.8 Å². The SMILES string of the molecule is CCc1cccc(CC)c1-c1c(CC)nn(-c2cc(Oc3ccc4c5ccccc5n(-c5cc(C(C)(C)C)ccn5)c4c3)cc(C(C)C)c2)c1CC. The Balaban J connectivity index is 1.37. The van der Waals surface area contributed by atoms with E-state index in [1.165, 1.54) is 49.8 Å². The van der Waals surface area contributed by atoms with Crippen LogP contribution in [0.4, 0.5) is 0 Å². The van der Waals surface area contributed by atoms with E-state index in [-0.39, 0.29) is 5.41 Å². The summed E-state index contributed by atoms with van der Waals surface area (Å²) in [5.74, 6) is 2.80. The molecule has 0 saturated carbocycles. The Labute approximate surface area is 309 Å². The standard InChI is InChI=1S/C47H52N4O/c1-10-31-17-16-18-32(11-2)45(31)46-40(12-3)49-51(41(46)13-4)35-25-33(30(5)6)26-37(28-35)52-36-21-22-39-38-19-14-15-20-42(38)50(43(39)29-36)44-27-34(23-24-48-44)47(7,8)9/h14-30H,10-13H2,1-9H3. The number of benzene rings is 4. The van der Waals surface area contributed by atoms with Crippen molar-refractivity contribution in [3.63, 3.8) is 0 Å². The van der Waals surface area contributed by atoms with E-state index in [1.54, 1.807) is 0 Å². The summed E-state index contributed by atoms with van der Waals surface area (Å²) in [6.45, 7) is 20.2. The molecule has 7 rings (SSSR count). The minimum absolute atomic E-state index is 0.00636. The zero-order chi connectivity index (χ0) is 36.7. The maximum Gasteiger partial charge on any atom is 0.137 e. The van der Waals surface area contributed by atoms with Gasteiger partial charge < -0.3 is 4.74 Å². The smallest absolute Gasteiger partial charge is 0.137 e. The molecule has 0 spiro atoms. The van der Waals surface area contributed by atoms with Crippen LogP contribution in [0.1, 0.15) is 102 Å². The van der Waals surface area contributed by atoms with Crippen molar-refractivity contribution in [2.75, 3.05) is 0 Å². The van der Waals surface area contributed by atoms with Gasteiger partial charge in [-0.3, -0.25) is 4.57 Å². The summed E-state index contributed by atoms with van der Waals surface area (Å²) in [6, 6.07) is 32.7. The van der Waals surface area contributed by atoms with Crippen molar-refractivity contribution >= 4 is 21.8 Å². The van der Waals surface area contributed by atoms with E-state index in [0.29, 0.717) is 5.92 Å². The van der Waals surface area contributed by atoms with Crippen molar-refractivity contribution in [1.29, 1.82) is 0 Å². The minimum Gasteiger partial charge on any atom is -0.457 e. The van der Waals surface area contributed by atoms with E-state index < -0.39 is 0 Å². The highest BCUT2D eigenvalue weighted by molar-refractivity contribution is 6.09. The lowest BCUT2D eigenvalue weighted by atomic mass is 9.88. The van der Waals surface area contributed by atoms with Crippen LogP contribution in [0.3, 0.4) is 0 Å². The van der Waals surface area contributed by atoms with Crippen LogP contribution in [0.2, 0.25) is 0 Å². The molecule has 0 amide bonds. The van der Waals surface area contributed by atoms with Gasteiger partial charge in [-0.1, -0.05) is 98.7 Å². The molecule has 7 aromatic rings. The molecule has 0 fully saturated rings. The number of nitrogens with zero attached hydrogens (tertiary/aromatic N) is 4. The van der Waals surface area contributed by atoms with E-state index in [9.17, 15) is 0 Å². The fourth-order valence-corrected chi connectivity index (χ4v) is 7.67. The van der Waals surface area contributed by atoms with Crippen LogP contribution < -0.4 is 4.74 Å². The zero-order valence-corrected chi connectivity index (χ0v) is 32.3. The first-order valence-electron chi connectivity index (χ1n) is 19.1. The molecule has 3 heterocycles. The second kappa shape index (κ2) is 14.1. The Hall–Kier alpha value is -5.16. The summed E-state index contributed by atoms with van der Waals surface area (Å²) in [4.78, 5) is 4.87. The summed E-state index contributed by atoms with van der Waals surface area (Å²) in [5, 5.41) is 7.70. The molecular formula is C47H52N4O. The minimum atomic E-state index is 0.00636. The number of hydrogen-bond donors (Lipinski definition) is 0. The van der Waals surface area contributed by atoms with Gasteiger partial charge in [0.1, 0.15) is 17.3 Å². The van der Waals surface area contributed by atoms with Crippen LogP contribution in [0.25, 0.3) is 44.4 Å². The second-order valence-corrected chi connectivity index (χ2v) is 15.2. The van der Waals surface area contributed by atoms with Crippen molar-refractivity contribution < 1.29 is 4.74 Å². The molecule has 5 heteroatoms. The van der Waals surface area contributed by atoms with Crippen molar-refractivity contribution in [2.45, 2.75) is 99.3 Å². The molecule has 52 heavy (non-hydrogen) atoms. The van der Waals surface area contributed by atoms with Crippen LogP contribution in [0, 0.1) is 0 Å². The molecule has 0 N–H and O–H groups in total. The fourth-order valence-electron chi connectivity index (χ4n) is 7.67. The van der Waals surface area contributed by atoms with E-state index >= 15 is 0 Å². The third-order valence-electron chi connectivity index (χ3n) is 10.5. The second-order valence-electron chi connectivity index (χ2n) is 15.2. The van der Waals surface area contributed by atoms with Crippen molar-refractivity contribution in [2.24, 2.45) is 0 Å². The number of hydrogen-bond acceptors (Lipinski definition) is 3. The predicted molar refractivity (Wildman–Crippen MR) is 218 cm³/mol. The molecular weight excluding hydrogens is 637 g/mol. The Kier molecular flexibility index (Phi) is 9.56. The van der Waals surface area contributed by atoms with Gasteiger partial charge in [-0.05, 0) is 107 Å². The first-order chi connectivity index (χ1) is 25.1. The van der Waals surface area contributed by atoms with E-state index in [1.807, 2.05) is 6.20 Å². The van der Waals surface area contributed by atoms with E-state index in [2.05, 4.69) is 163 Å². The third kappa shape index (κ3) is 6.31. The maximum atomic E-state index is 6.82. The molecule has 3 aromatic heterocycles. The Morgan fingerprint density at radius 3 is 2.08 bits per heavy atom. The molecule has 0 aliphatic carbocycles. The monoisotopic (exact) mass is 688 g/mol. The number of para-hydroxylation sites is 1. The van der Waals surface area contributed by atoms with Gasteiger partial charge in [-0.15, -0.1) is 0 Å². The molecule has 4 aromatic carbocycles. The van der Waals surface area contributed by atoms with Gasteiger partial charge in [0.05, 0.1) is 28.1 Å². The van der Waals surface area contributed by atoms with Gasteiger partial charge in [0.15, 0.2) is 0 Å². The lowest BCUT2D eigenvalue weighted by Crippen LogP contribution is -2.12. The summed E-state index contributed by atoms with van der Waals surface area (Å²) in [5.41, 5.74) is 13.5. The van der Waals surface area contributed by atoms with Crippen LogP contribution in [-0.2, 0) is 31.1 Å². The predicted octanol–water partition coefficient (Wildman–Crippen LogP) is 12.5. The molecule has 0 unspecified atom stereocenters. The van der Waals surface area contributed by atoms with Crippen LogP contribution in [0.15, 0.2) is 97.2 Å². The average molecular weight is 689 g/mol. The molecule has 266 valence electrons. The number of fused-ring (bicyclic) bond motifs is 3. The first kappa shape index (κ1) is 35.3. The summed E-state index contributed by atoms with van der Waals surface area (Å²) < 4.78 is 11.3. The quantitative estimate of drug-likeness (QED) is 0.144. The van der Waals surface area contributed by atoms with Gasteiger partial charge in [0.25, 0.3) is 0 Å². The molecule has 0 aliphatic heterocycles. The molecule has 0 saturated heterocycles. The number of rotatable bonds is 10. The van der Waals surface area contributed by atoms with Gasteiger partial charge in [0, 0.05) is 34.7 Å². The van der Waals surface area contributed by atoms with Gasteiger partial charge >= 0.3 is 0 Å². The largest absolute Gasteiger partial charge is 0.457 e. The van der Waals surface area contributed by atoms with Gasteiger partial charge in [-0.25, -0.2) is 9.67 Å². The summed E-state index contributed by atoms with van der Waals surface area (Å²) in [6.07, 6.45) is 5.64. The Bertz CT molecular complexity index is 2380. The summed E-state index contributed by atoms with van der Waals surface area (Å²) in [7, 11) is 0. The number of aromatic nitrogens is 4. The normalized spacial score (nSPS) is 12.0. The summed E-state index contributed by atoms with van der Waals surface area (Å²) >= 11 is 0. The number of ether oxygens (including phenoxy) is 1. The molecule has 0 atom stereocenters. The first-order valence-corrected chi connectivity index (χ1v) is 19.1. The highest BCUT2D eigenvalue weighted by Crippen LogP contribution is 2.39. The Morgan fingerprint density at radius 1 is 0.673 bits per heavy atom. The van der Waals surface area contributed by atoms with Crippen LogP contribution >= 0.6 is 0 Å². The average Bonchev–Trinajstić information content (AvgIpc) is 3.69. The molecule has 5 nitrogen and oxygen atoms in total. The van der Waals surface area contributed by atoms with Gasteiger partial charge in [0.2, 0.25) is 0 Å². The number of aryl methyl sites for hydroxylation is 3. The lowest BCUT2D eigenvalue weighted by molar-refractivity contribution is 0.481. The zero-order valence-electron chi connectivity index (χ0n) is 32.3. The lowest BCUT2D eigenvalue weighted by Gasteiger charge is -2.20. The van der Waals surface area contributed by atoms with Crippen LogP contribution in [0.5, 0.6) is 11.5 Å². The van der Waals surface area contributed by atoms with Crippen molar-refractivity contribution in [3.8, 4) is 34.1 Å². The number of pyridine rings is 1.